The van der Waals surface area contributed by atoms with Gasteiger partial charge in [0.2, 0.25) is 0 Å². The molecule has 1 N–H and O–H groups in total. The molecule has 94 valence electrons. The maximum absolute atomic E-state index is 4.81. The molecule has 3 rings (SSSR count). The third kappa shape index (κ3) is 2.10. The normalized spacial score (nSPS) is 11.2. The van der Waals surface area contributed by atoms with Gasteiger partial charge in [-0.05, 0) is 11.6 Å². The maximum atomic E-state index is 4.81. The molecule has 0 aliphatic carbocycles. The number of oxime groups is 1. The Bertz CT molecular complexity index is 714. The van der Waals surface area contributed by atoms with Crippen LogP contribution in [0.3, 0.4) is 0 Å². The van der Waals surface area contributed by atoms with E-state index in [1.165, 1.54) is 0 Å². The van der Waals surface area contributed by atoms with Crippen LogP contribution in [0.5, 0.6) is 0 Å². The summed E-state index contributed by atoms with van der Waals surface area (Å²) in [6, 6.07) is 18.4. The lowest BCUT2D eigenvalue weighted by molar-refractivity contribution is 0.215. The number of aromatic nitrogens is 1. The van der Waals surface area contributed by atoms with E-state index < -0.39 is 0 Å². The van der Waals surface area contributed by atoms with Gasteiger partial charge in [0.15, 0.2) is 0 Å². The molecular formula is C16H14N2O. The molecule has 0 spiro atoms. The highest BCUT2D eigenvalue weighted by Crippen LogP contribution is 2.28. The van der Waals surface area contributed by atoms with Crippen LogP contribution in [0, 0.1) is 0 Å². The topological polar surface area (TPSA) is 37.4 Å². The molecule has 0 atom stereocenters. The minimum atomic E-state index is 1.05. The lowest BCUT2D eigenvalue weighted by atomic mass is 10.1. The molecule has 3 nitrogen and oxygen atoms in total. The van der Waals surface area contributed by atoms with Gasteiger partial charge in [0.25, 0.3) is 0 Å². The molecule has 0 aliphatic heterocycles. The van der Waals surface area contributed by atoms with E-state index >= 15 is 0 Å². The zero-order valence-electron chi connectivity index (χ0n) is 10.6. The molecule has 3 heteroatoms. The Labute approximate surface area is 111 Å². The minimum Gasteiger partial charge on any atom is -0.399 e. The molecule has 19 heavy (non-hydrogen) atoms. The molecule has 0 unspecified atom stereocenters. The molecule has 0 aliphatic rings. The SMILES string of the molecule is CO/N=C/c1c(-c2ccccc2)[nH]c2ccccc12. The van der Waals surface area contributed by atoms with Gasteiger partial charge in [-0.3, -0.25) is 0 Å². The fourth-order valence-electron chi connectivity index (χ4n) is 2.24. The minimum absolute atomic E-state index is 1.05. The number of para-hydroxylation sites is 1. The fourth-order valence-corrected chi connectivity index (χ4v) is 2.24. The molecule has 0 bridgehead atoms. The smallest absolute Gasteiger partial charge is 0.106 e. The summed E-state index contributed by atoms with van der Waals surface area (Å²) >= 11 is 0. The van der Waals surface area contributed by atoms with Gasteiger partial charge in [0.05, 0.1) is 11.9 Å². The van der Waals surface area contributed by atoms with Crippen molar-refractivity contribution in [1.29, 1.82) is 0 Å². The second-order valence-electron chi connectivity index (χ2n) is 4.24. The fraction of sp³-hybridized carbons (Fsp3) is 0.0625. The van der Waals surface area contributed by atoms with Crippen LogP contribution in [0.15, 0.2) is 59.8 Å². The summed E-state index contributed by atoms with van der Waals surface area (Å²) in [7, 11) is 1.55. The van der Waals surface area contributed by atoms with Gasteiger partial charge in [0.1, 0.15) is 7.11 Å². The van der Waals surface area contributed by atoms with E-state index in [1.807, 2.05) is 30.3 Å². The average Bonchev–Trinajstić information content (AvgIpc) is 2.85. The first-order chi connectivity index (χ1) is 9.40. The van der Waals surface area contributed by atoms with Crippen molar-refractivity contribution in [3.8, 4) is 11.3 Å². The largest absolute Gasteiger partial charge is 0.399 e. The number of rotatable bonds is 3. The van der Waals surface area contributed by atoms with Crippen molar-refractivity contribution >= 4 is 17.1 Å². The van der Waals surface area contributed by atoms with Crippen molar-refractivity contribution in [2.75, 3.05) is 7.11 Å². The molecule has 1 heterocycles. The summed E-state index contributed by atoms with van der Waals surface area (Å²) < 4.78 is 0. The first-order valence-corrected chi connectivity index (χ1v) is 6.13. The van der Waals surface area contributed by atoms with Gasteiger partial charge in [-0.2, -0.15) is 0 Å². The second kappa shape index (κ2) is 4.98. The molecular weight excluding hydrogens is 236 g/mol. The monoisotopic (exact) mass is 250 g/mol. The number of benzene rings is 2. The number of H-pyrrole nitrogens is 1. The van der Waals surface area contributed by atoms with Crippen LogP contribution >= 0.6 is 0 Å². The quantitative estimate of drug-likeness (QED) is 0.557. The third-order valence-corrected chi connectivity index (χ3v) is 3.10. The Morgan fingerprint density at radius 3 is 2.53 bits per heavy atom. The van der Waals surface area contributed by atoms with E-state index in [0.29, 0.717) is 0 Å². The number of aromatic amines is 1. The van der Waals surface area contributed by atoms with Crippen molar-refractivity contribution in [3.05, 3.63) is 60.2 Å². The molecule has 0 saturated carbocycles. The maximum Gasteiger partial charge on any atom is 0.106 e. The van der Waals surface area contributed by atoms with Gasteiger partial charge in [0, 0.05) is 16.5 Å². The van der Waals surface area contributed by atoms with Crippen molar-refractivity contribution in [1.82, 2.24) is 4.98 Å². The van der Waals surface area contributed by atoms with Gasteiger partial charge in [-0.25, -0.2) is 0 Å². The first-order valence-electron chi connectivity index (χ1n) is 6.13. The van der Waals surface area contributed by atoms with Crippen molar-refractivity contribution in [2.45, 2.75) is 0 Å². The van der Waals surface area contributed by atoms with Crippen LogP contribution < -0.4 is 0 Å². The zero-order valence-corrected chi connectivity index (χ0v) is 10.6. The summed E-state index contributed by atoms with van der Waals surface area (Å²) in [5.74, 6) is 0. The van der Waals surface area contributed by atoms with E-state index in [2.05, 4.69) is 34.4 Å². The van der Waals surface area contributed by atoms with Gasteiger partial charge >= 0.3 is 0 Å². The predicted octanol–water partition coefficient (Wildman–Crippen LogP) is 3.82. The van der Waals surface area contributed by atoms with Crippen LogP contribution in [0.25, 0.3) is 22.2 Å². The van der Waals surface area contributed by atoms with E-state index in [0.717, 1.165) is 27.7 Å². The van der Waals surface area contributed by atoms with E-state index in [1.54, 1.807) is 13.3 Å². The molecule has 3 aromatic rings. The third-order valence-electron chi connectivity index (χ3n) is 3.10. The average molecular weight is 250 g/mol. The molecule has 2 aromatic carbocycles. The second-order valence-corrected chi connectivity index (χ2v) is 4.24. The van der Waals surface area contributed by atoms with Gasteiger partial charge in [-0.1, -0.05) is 53.7 Å². The highest BCUT2D eigenvalue weighted by molar-refractivity contribution is 6.05. The Hall–Kier alpha value is -2.55. The number of fused-ring (bicyclic) bond motifs is 1. The molecule has 0 radical (unpaired) electrons. The van der Waals surface area contributed by atoms with Crippen LogP contribution in [0.2, 0.25) is 0 Å². The van der Waals surface area contributed by atoms with E-state index in [4.69, 9.17) is 4.84 Å². The summed E-state index contributed by atoms with van der Waals surface area (Å²) in [6.07, 6.45) is 1.75. The van der Waals surface area contributed by atoms with Crippen LogP contribution in [0.1, 0.15) is 5.56 Å². The summed E-state index contributed by atoms with van der Waals surface area (Å²) in [4.78, 5) is 8.25. The number of hydrogen-bond donors (Lipinski definition) is 1. The number of hydrogen-bond acceptors (Lipinski definition) is 2. The highest BCUT2D eigenvalue weighted by Gasteiger charge is 2.10. The van der Waals surface area contributed by atoms with E-state index in [-0.39, 0.29) is 0 Å². The predicted molar refractivity (Wildman–Crippen MR) is 78.3 cm³/mol. The zero-order chi connectivity index (χ0) is 13.1. The molecule has 0 saturated heterocycles. The Morgan fingerprint density at radius 1 is 1.00 bits per heavy atom. The first kappa shape index (κ1) is 11.5. The van der Waals surface area contributed by atoms with Crippen LogP contribution in [0.4, 0.5) is 0 Å². The highest BCUT2D eigenvalue weighted by atomic mass is 16.6. The van der Waals surface area contributed by atoms with Crippen LogP contribution in [-0.4, -0.2) is 18.3 Å². The van der Waals surface area contributed by atoms with Gasteiger partial charge < -0.3 is 9.82 Å². The number of nitrogens with one attached hydrogen (secondary N) is 1. The lowest BCUT2D eigenvalue weighted by Gasteiger charge is -2.00. The molecule has 1 aromatic heterocycles. The summed E-state index contributed by atoms with van der Waals surface area (Å²) in [5.41, 5.74) is 4.33. The van der Waals surface area contributed by atoms with Gasteiger partial charge in [-0.15, -0.1) is 0 Å². The lowest BCUT2D eigenvalue weighted by Crippen LogP contribution is -1.86. The van der Waals surface area contributed by atoms with Crippen LogP contribution in [-0.2, 0) is 4.84 Å². The van der Waals surface area contributed by atoms with E-state index in [9.17, 15) is 0 Å². The Balaban J connectivity index is 2.26. The Morgan fingerprint density at radius 2 is 1.74 bits per heavy atom. The molecule has 0 amide bonds. The Kier molecular flexibility index (Phi) is 3.02. The summed E-state index contributed by atoms with van der Waals surface area (Å²) in [5, 5.41) is 5.05. The molecule has 0 fully saturated rings. The summed E-state index contributed by atoms with van der Waals surface area (Å²) in [6.45, 7) is 0. The standard InChI is InChI=1S/C16H14N2O/c1-19-17-11-14-13-9-5-6-10-15(13)18-16(14)12-7-3-2-4-8-12/h2-11,18H,1H3/b17-11+. The van der Waals surface area contributed by atoms with Crippen molar-refractivity contribution in [3.63, 3.8) is 0 Å². The van der Waals surface area contributed by atoms with Crippen molar-refractivity contribution in [2.24, 2.45) is 5.16 Å². The number of nitrogens with zero attached hydrogens (tertiary/aromatic N) is 1. The van der Waals surface area contributed by atoms with Crippen molar-refractivity contribution < 1.29 is 4.84 Å².